The molecule has 1 saturated carbocycles. The second-order valence-electron chi connectivity index (χ2n) is 4.56. The predicted octanol–water partition coefficient (Wildman–Crippen LogP) is 3.22. The molecule has 0 amide bonds. The summed E-state index contributed by atoms with van der Waals surface area (Å²) in [6, 6.07) is 7.99. The van der Waals surface area contributed by atoms with Crippen molar-refractivity contribution in [2.45, 2.75) is 31.6 Å². The summed E-state index contributed by atoms with van der Waals surface area (Å²) in [6.45, 7) is 3.86. The maximum atomic E-state index is 11.6. The van der Waals surface area contributed by atoms with Crippen molar-refractivity contribution in [1.29, 1.82) is 1.43 Å². The molecule has 0 spiro atoms. The summed E-state index contributed by atoms with van der Waals surface area (Å²) in [5.74, 6) is -0.354. The minimum atomic E-state index is -0.395. The Morgan fingerprint density at radius 1 is 1.29 bits per heavy atom. The summed E-state index contributed by atoms with van der Waals surface area (Å²) < 4.78 is 6.77. The van der Waals surface area contributed by atoms with Crippen LogP contribution >= 0.6 is 0 Å². The summed E-state index contributed by atoms with van der Waals surface area (Å²) in [5, 5.41) is 4.16. The van der Waals surface area contributed by atoms with Gasteiger partial charge in [0.2, 0.25) is 0 Å². The zero-order chi connectivity index (χ0) is 12.3. The molecule has 2 atom stereocenters. The number of aliphatic carboxylic acids is 1. The zero-order valence-electron chi connectivity index (χ0n) is 10.8. The fourth-order valence-electron chi connectivity index (χ4n) is 2.58. The number of hydrogen-bond acceptors (Lipinski definition) is 2. The van der Waals surface area contributed by atoms with Crippen LogP contribution in [0.25, 0.3) is 1.43 Å². The van der Waals surface area contributed by atoms with Crippen LogP contribution in [-0.4, -0.2) is 11.1 Å². The third-order valence-corrected chi connectivity index (χ3v) is 3.48. The van der Waals surface area contributed by atoms with Crippen molar-refractivity contribution in [1.82, 2.24) is 0 Å². The van der Waals surface area contributed by atoms with Crippen LogP contribution in [0.2, 0.25) is 0 Å². The van der Waals surface area contributed by atoms with Gasteiger partial charge in [-0.15, -0.1) is 12.1 Å². The Kier molecular flexibility index (Phi) is 4.58. The van der Waals surface area contributed by atoms with Crippen molar-refractivity contribution in [3.05, 3.63) is 42.3 Å². The Morgan fingerprint density at radius 2 is 1.94 bits per heavy atom. The van der Waals surface area contributed by atoms with Gasteiger partial charge in [-0.1, -0.05) is 18.4 Å². The molecule has 0 saturated heterocycles. The van der Waals surface area contributed by atoms with Gasteiger partial charge in [-0.3, -0.25) is 4.79 Å². The van der Waals surface area contributed by atoms with E-state index in [4.69, 9.17) is 1.43 Å². The Bertz CT molecular complexity index is 391. The number of hydrogen-bond donors (Lipinski definition) is 1. The normalized spacial score (nSPS) is 24.4. The van der Waals surface area contributed by atoms with E-state index in [-0.39, 0.29) is 30.4 Å². The first-order valence-corrected chi connectivity index (χ1v) is 5.81. The molecule has 2 nitrogen and oxygen atoms in total. The maximum absolute atomic E-state index is 11.6. The van der Waals surface area contributed by atoms with E-state index in [2.05, 4.69) is 12.0 Å². The van der Waals surface area contributed by atoms with Crippen LogP contribution in [-0.2, 0) is 23.4 Å². The van der Waals surface area contributed by atoms with Crippen molar-refractivity contribution >= 4 is 5.97 Å². The molecule has 2 rings (SSSR count). The average molecular weight is 270 g/mol. The van der Waals surface area contributed by atoms with Crippen molar-refractivity contribution in [2.24, 2.45) is 5.92 Å². The van der Waals surface area contributed by atoms with E-state index in [1.54, 1.807) is 0 Å². The van der Waals surface area contributed by atoms with Gasteiger partial charge in [0.15, 0.2) is 0 Å². The topological polar surface area (TPSA) is 37.3 Å². The fraction of sp³-hybridized carbons (Fsp3) is 0.429. The summed E-state index contributed by atoms with van der Waals surface area (Å²) >= 11 is 0. The van der Waals surface area contributed by atoms with Crippen molar-refractivity contribution in [2.75, 3.05) is 0 Å². The molecule has 2 unspecified atom stereocenters. The molecule has 91 valence electrons. The number of carbonyl (C=O) groups is 1. The minimum Gasteiger partial charge on any atom is -0.481 e. The summed E-state index contributed by atoms with van der Waals surface area (Å²) in [7, 11) is 0. The monoisotopic (exact) mass is 270 g/mol. The van der Waals surface area contributed by atoms with E-state index in [0.29, 0.717) is 0 Å². The van der Waals surface area contributed by atoms with Gasteiger partial charge in [-0.2, -0.15) is 24.6 Å². The van der Waals surface area contributed by atoms with E-state index in [9.17, 15) is 4.79 Å². The molecule has 1 radical (unpaired) electrons. The van der Waals surface area contributed by atoms with E-state index in [1.165, 1.54) is 0 Å². The molecule has 1 fully saturated rings. The Morgan fingerprint density at radius 3 is 2.59 bits per heavy atom. The molecule has 3 heteroatoms. The van der Waals surface area contributed by atoms with Crippen molar-refractivity contribution < 1.29 is 28.5 Å². The molecule has 17 heavy (non-hydrogen) atoms. The fourth-order valence-corrected chi connectivity index (χ4v) is 2.58. The Balaban J connectivity index is 0.00000162. The Hall–Kier alpha value is -0.856. The van der Waals surface area contributed by atoms with Crippen molar-refractivity contribution in [3.8, 4) is 0 Å². The molecule has 1 aliphatic carbocycles. The summed E-state index contributed by atoms with van der Waals surface area (Å²) in [6.07, 6.45) is 4.01. The first-order valence-electron chi connectivity index (χ1n) is 6.22. The molecule has 0 aliphatic heterocycles. The van der Waals surface area contributed by atoms with Crippen LogP contribution in [0.4, 0.5) is 0 Å². The van der Waals surface area contributed by atoms with Gasteiger partial charge in [-0.25, -0.2) is 0 Å². The largest absolute Gasteiger partial charge is 0.481 e. The molecule has 1 aromatic rings. The second kappa shape index (κ2) is 6.18. The standard InChI is InChI=1S/C14H17O2.V/c1-10-6-8-11(9-7-10)12-4-2-3-5-13(12)14(15)16;/h6-9,12-13H,1-5H2,(H,15,16);/q-1;/i/hT. The van der Waals surface area contributed by atoms with Gasteiger partial charge in [-0.05, 0) is 18.8 Å². The van der Waals surface area contributed by atoms with Crippen LogP contribution in [0.5, 0.6) is 0 Å². The van der Waals surface area contributed by atoms with Gasteiger partial charge < -0.3 is 5.11 Å². The van der Waals surface area contributed by atoms with Crippen LogP contribution in [0.15, 0.2) is 24.3 Å². The molecule has 0 heterocycles. The number of rotatable bonds is 2. The van der Waals surface area contributed by atoms with Crippen LogP contribution in [0.1, 0.15) is 42.7 Å². The zero-order valence-corrected chi connectivity index (χ0v) is 11.2. The number of carboxylic acids is 1. The minimum absolute atomic E-state index is 0. The van der Waals surface area contributed by atoms with Gasteiger partial charge in [0.25, 0.3) is 1.43 Å². The SMILES string of the molecule is [3H]OC(=O)C1CCCCC1c1ccc([CH2-])cc1.[V]. The molecular formula is C14H17O2V-. The Labute approximate surface area is 116 Å². The van der Waals surface area contributed by atoms with E-state index >= 15 is 0 Å². The predicted molar refractivity (Wildman–Crippen MR) is 63.2 cm³/mol. The van der Waals surface area contributed by atoms with E-state index in [0.717, 1.165) is 36.8 Å². The van der Waals surface area contributed by atoms with Crippen LogP contribution in [0.3, 0.4) is 0 Å². The van der Waals surface area contributed by atoms with Gasteiger partial charge in [0.05, 0.1) is 5.92 Å². The van der Waals surface area contributed by atoms with Gasteiger partial charge in [0, 0.05) is 18.6 Å². The van der Waals surface area contributed by atoms with Gasteiger partial charge >= 0.3 is 5.97 Å². The smallest absolute Gasteiger partial charge is 0.307 e. The second-order valence-corrected chi connectivity index (χ2v) is 4.56. The first kappa shape index (κ1) is 12.6. The molecule has 0 aromatic heterocycles. The van der Waals surface area contributed by atoms with E-state index < -0.39 is 5.97 Å². The summed E-state index contributed by atoms with van der Waals surface area (Å²) in [4.78, 5) is 11.6. The first-order chi connectivity index (χ1) is 8.22. The maximum Gasteiger partial charge on any atom is 0.307 e. The molecule has 1 N–H and O–H groups in total. The molecule has 1 aromatic carbocycles. The quantitative estimate of drug-likeness (QED) is 0.838. The van der Waals surface area contributed by atoms with Crippen LogP contribution in [0, 0.1) is 12.8 Å². The van der Waals surface area contributed by atoms with Crippen molar-refractivity contribution in [3.63, 3.8) is 0 Å². The third kappa shape index (κ3) is 3.30. The molecular weight excluding hydrogens is 251 g/mol. The number of benzene rings is 1. The number of carboxylic acid groups (broad SMARTS) is 1. The third-order valence-electron chi connectivity index (χ3n) is 3.48. The average Bonchev–Trinajstić information content (AvgIpc) is 2.39. The molecule has 0 bridgehead atoms. The summed E-state index contributed by atoms with van der Waals surface area (Å²) in [5.41, 5.74) is 2.14. The van der Waals surface area contributed by atoms with Crippen LogP contribution < -0.4 is 0 Å². The van der Waals surface area contributed by atoms with E-state index in [1.807, 2.05) is 24.3 Å². The molecule has 1 aliphatic rings. The van der Waals surface area contributed by atoms with Gasteiger partial charge in [0.1, 0.15) is 0 Å².